The molecule has 0 fully saturated rings. The first-order valence-electron chi connectivity index (χ1n) is 12.8. The third kappa shape index (κ3) is 7.04. The van der Waals surface area contributed by atoms with Crippen molar-refractivity contribution < 1.29 is 49.9 Å². The van der Waals surface area contributed by atoms with Crippen molar-refractivity contribution in [2.24, 2.45) is 5.41 Å². The van der Waals surface area contributed by atoms with E-state index in [0.717, 1.165) is 11.3 Å². The Morgan fingerprint density at radius 1 is 1.02 bits per heavy atom. The average Bonchev–Trinajstić information content (AvgIpc) is 2.87. The zero-order chi connectivity index (χ0) is 30.2. The Bertz CT molecular complexity index is 1680. The summed E-state index contributed by atoms with van der Waals surface area (Å²) in [6.45, 7) is 4.08. The van der Waals surface area contributed by atoms with Gasteiger partial charge in [0.1, 0.15) is 44.5 Å². The molecule has 4 rings (SSSR count). The summed E-state index contributed by atoms with van der Waals surface area (Å²) in [5, 5.41) is 8.75. The lowest BCUT2D eigenvalue weighted by atomic mass is 9.73. The van der Waals surface area contributed by atoms with Crippen LogP contribution in [0.5, 0.6) is 11.5 Å². The van der Waals surface area contributed by atoms with Crippen LogP contribution in [-0.4, -0.2) is 61.0 Å². The van der Waals surface area contributed by atoms with Gasteiger partial charge >= 0.3 is 5.97 Å². The van der Waals surface area contributed by atoms with Crippen molar-refractivity contribution in [1.29, 1.82) is 0 Å². The fourth-order valence-corrected chi connectivity index (χ4v) is 5.91. The summed E-state index contributed by atoms with van der Waals surface area (Å²) in [6.07, 6.45) is 5.68. The maximum absolute atomic E-state index is 12.1. The van der Waals surface area contributed by atoms with E-state index in [0.29, 0.717) is 48.4 Å². The van der Waals surface area contributed by atoms with Crippen LogP contribution in [-0.2, 0) is 25.0 Å². The minimum Gasteiger partial charge on any atom is -0.744 e. The highest BCUT2D eigenvalue weighted by Crippen LogP contribution is 2.47. The molecule has 0 spiro atoms. The Balaban J connectivity index is 1.67. The van der Waals surface area contributed by atoms with Gasteiger partial charge in [-0.05, 0) is 43.5 Å². The van der Waals surface area contributed by atoms with Crippen LogP contribution in [0.4, 0.5) is 5.69 Å². The first-order chi connectivity index (χ1) is 19.1. The largest absolute Gasteiger partial charge is 0.744 e. The highest BCUT2D eigenvalue weighted by atomic mass is 32.2. The Morgan fingerprint density at radius 2 is 1.71 bits per heavy atom. The minimum atomic E-state index is -4.87. The maximum atomic E-state index is 12.1. The second kappa shape index (κ2) is 11.4. The molecule has 0 radical (unpaired) electrons. The first-order valence-corrected chi connectivity index (χ1v) is 15.6. The van der Waals surface area contributed by atoms with E-state index in [1.165, 1.54) is 24.3 Å². The van der Waals surface area contributed by atoms with Gasteiger partial charge in [-0.1, -0.05) is 13.8 Å². The first kappa shape index (κ1) is 30.4. The minimum absolute atomic E-state index is 0.0224. The molecule has 1 heterocycles. The van der Waals surface area contributed by atoms with Gasteiger partial charge in [-0.2, -0.15) is 4.58 Å². The van der Waals surface area contributed by atoms with Gasteiger partial charge in [-0.3, -0.25) is 4.79 Å². The van der Waals surface area contributed by atoms with E-state index in [9.17, 15) is 30.7 Å². The number of ether oxygens (including phenoxy) is 2. The molecule has 0 amide bonds. The summed E-state index contributed by atoms with van der Waals surface area (Å²) in [4.78, 5) is 9.85. The highest BCUT2D eigenvalue weighted by Gasteiger charge is 2.39. The normalized spacial score (nSPS) is 17.4. The van der Waals surface area contributed by atoms with Crippen LogP contribution in [0, 0.1) is 5.41 Å². The molecule has 0 unspecified atom stereocenters. The highest BCUT2D eigenvalue weighted by molar-refractivity contribution is 7.86. The van der Waals surface area contributed by atoms with Gasteiger partial charge in [0, 0.05) is 53.7 Å². The van der Waals surface area contributed by atoms with Crippen molar-refractivity contribution >= 4 is 43.7 Å². The van der Waals surface area contributed by atoms with Crippen LogP contribution in [0.3, 0.4) is 0 Å². The van der Waals surface area contributed by atoms with Crippen molar-refractivity contribution in [2.75, 3.05) is 13.7 Å². The molecular formula is C28H30NO10S2-. The number of nitrogens with zero attached hydrogens (tertiary/aromatic N) is 1. The molecule has 0 aromatic heterocycles. The van der Waals surface area contributed by atoms with Gasteiger partial charge in [0.25, 0.3) is 0 Å². The number of benzene rings is 2. The zero-order valence-corrected chi connectivity index (χ0v) is 24.4. The molecule has 0 saturated heterocycles. The number of fused-ring (bicyclic) bond motifs is 2. The number of carboxylic acids is 1. The number of unbranched alkanes of at least 4 members (excludes halogenated alkanes) is 2. The van der Waals surface area contributed by atoms with Gasteiger partial charge in [0.2, 0.25) is 5.69 Å². The molecular weight excluding hydrogens is 574 g/mol. The smallest absolute Gasteiger partial charge is 0.303 e. The summed E-state index contributed by atoms with van der Waals surface area (Å²) in [6, 6.07) is 8.21. The lowest BCUT2D eigenvalue weighted by Gasteiger charge is -2.35. The standard InChI is InChI=1S/C28H31NO10S2/c1-28(2)17-20(29(3)19-8-10-21(11-9-19)40(32,33)34)15-24-22(28)13-18-14-26(41(35,36)37)25(16-23(18)39-24)38-12-6-4-5-7-27(30)31/h8-11,13-16H,4-7,12,17H2,1-3H3,(H2-,30,31,32,33,34,35,36,37)/p-1. The number of carbonyl (C=O) groups is 1. The zero-order valence-electron chi connectivity index (χ0n) is 22.7. The molecule has 11 nitrogen and oxygen atoms in total. The predicted molar refractivity (Wildman–Crippen MR) is 146 cm³/mol. The Kier molecular flexibility index (Phi) is 8.46. The lowest BCUT2D eigenvalue weighted by molar-refractivity contribution is -0.406. The summed E-state index contributed by atoms with van der Waals surface area (Å²) in [5.41, 5.74) is 2.26. The number of rotatable bonds is 10. The Labute approximate surface area is 238 Å². The molecule has 2 aromatic rings. The number of hydrogen-bond donors (Lipinski definition) is 1. The monoisotopic (exact) mass is 604 g/mol. The number of carboxylic acid groups (broad SMARTS) is 1. The van der Waals surface area contributed by atoms with Crippen LogP contribution in [0.2, 0.25) is 0 Å². The average molecular weight is 605 g/mol. The fourth-order valence-electron chi connectivity index (χ4n) is 4.81. The molecule has 0 atom stereocenters. The van der Waals surface area contributed by atoms with E-state index in [2.05, 4.69) is 0 Å². The summed E-state index contributed by atoms with van der Waals surface area (Å²) in [5.74, 6) is -0.215. The van der Waals surface area contributed by atoms with Crippen molar-refractivity contribution in [1.82, 2.24) is 0 Å². The predicted octanol–water partition coefficient (Wildman–Crippen LogP) is 4.02. The number of hydrogen-bond acceptors (Lipinski definition) is 9. The molecule has 2 aliphatic rings. The third-order valence-corrected chi connectivity index (χ3v) is 8.72. The fraction of sp³-hybridized carbons (Fsp3) is 0.357. The van der Waals surface area contributed by atoms with E-state index >= 15 is 0 Å². The molecule has 1 N–H and O–H groups in total. The molecule has 0 bridgehead atoms. The summed E-state index contributed by atoms with van der Waals surface area (Å²) < 4.78 is 83.8. The second-order valence-corrected chi connectivity index (χ2v) is 13.3. The van der Waals surface area contributed by atoms with Gasteiger partial charge < -0.3 is 23.7 Å². The van der Waals surface area contributed by atoms with E-state index in [4.69, 9.17) is 14.6 Å². The summed E-state index contributed by atoms with van der Waals surface area (Å²) in [7, 11) is -7.62. The molecule has 1 aliphatic heterocycles. The van der Waals surface area contributed by atoms with Crippen LogP contribution in [0.25, 0.3) is 6.08 Å². The molecule has 13 heteroatoms. The third-order valence-electron chi connectivity index (χ3n) is 7.02. The van der Waals surface area contributed by atoms with E-state index in [-0.39, 0.29) is 23.7 Å². The van der Waals surface area contributed by atoms with E-state index in [1.807, 2.05) is 31.5 Å². The Hall–Kier alpha value is -3.52. The SMILES string of the molecule is C[N+](=C1C=C2Oc3cc(OCCCCCC(=O)O)c(S(=O)(=O)[O-])cc3C=C2C(C)(C)C1)c1ccc(S(=O)(=O)[O-])cc1. The van der Waals surface area contributed by atoms with E-state index in [1.54, 1.807) is 18.2 Å². The maximum Gasteiger partial charge on any atom is 0.303 e. The topological polar surface area (TPSA) is 173 Å². The van der Waals surface area contributed by atoms with Gasteiger partial charge in [0.05, 0.1) is 16.4 Å². The Morgan fingerprint density at radius 3 is 2.32 bits per heavy atom. The van der Waals surface area contributed by atoms with Crippen molar-refractivity contribution in [3.63, 3.8) is 0 Å². The van der Waals surface area contributed by atoms with Crippen molar-refractivity contribution in [2.45, 2.75) is 55.7 Å². The number of allylic oxidation sites excluding steroid dienone is 2. The van der Waals surface area contributed by atoms with Crippen molar-refractivity contribution in [3.05, 3.63) is 59.4 Å². The lowest BCUT2D eigenvalue weighted by Crippen LogP contribution is -2.31. The van der Waals surface area contributed by atoms with Gasteiger partial charge in [0.15, 0.2) is 5.71 Å². The van der Waals surface area contributed by atoms with Crippen LogP contribution in [0.15, 0.2) is 63.6 Å². The number of aliphatic carboxylic acids is 1. The summed E-state index contributed by atoms with van der Waals surface area (Å²) >= 11 is 0. The molecule has 2 aromatic carbocycles. The quantitative estimate of drug-likeness (QED) is 0.237. The molecule has 1 aliphatic carbocycles. The molecule has 220 valence electrons. The van der Waals surface area contributed by atoms with Gasteiger partial charge in [-0.25, -0.2) is 16.8 Å². The van der Waals surface area contributed by atoms with Crippen molar-refractivity contribution in [3.8, 4) is 11.5 Å². The second-order valence-electron chi connectivity index (χ2n) is 10.6. The molecule has 0 saturated carbocycles. The molecule has 41 heavy (non-hydrogen) atoms. The van der Waals surface area contributed by atoms with Gasteiger partial charge in [-0.15, -0.1) is 0 Å². The van der Waals surface area contributed by atoms with Crippen LogP contribution in [0.1, 0.15) is 51.5 Å². The van der Waals surface area contributed by atoms with Crippen LogP contribution >= 0.6 is 0 Å². The van der Waals surface area contributed by atoms with E-state index < -0.39 is 36.5 Å². The van der Waals surface area contributed by atoms with Crippen LogP contribution < -0.4 is 9.47 Å².